The van der Waals surface area contributed by atoms with Gasteiger partial charge in [0.05, 0.1) is 37.7 Å². The van der Waals surface area contributed by atoms with Crippen LogP contribution in [-0.4, -0.2) is 104 Å². The Morgan fingerprint density at radius 2 is 1.42 bits per heavy atom. The van der Waals surface area contributed by atoms with Crippen molar-refractivity contribution in [3.63, 3.8) is 0 Å². The molecule has 0 aliphatic carbocycles. The highest BCUT2D eigenvalue weighted by Crippen LogP contribution is 2.45. The second-order valence-corrected chi connectivity index (χ2v) is 16.8. The molecule has 1 N–H and O–H groups in total. The number of morpholine rings is 2. The molecule has 3 fully saturated rings. The average molecular weight is 728 g/mol. The van der Waals surface area contributed by atoms with E-state index in [1.165, 1.54) is 11.1 Å². The van der Waals surface area contributed by atoms with Crippen molar-refractivity contribution >= 4 is 29.2 Å². The van der Waals surface area contributed by atoms with Gasteiger partial charge in [0.25, 0.3) is 0 Å². The third kappa shape index (κ3) is 8.24. The SMILES string of the molecule is Cc1nc(C)c([C@H](OC(C)(C)C)C(=O)O)c(N2CCC(C)(C)CC2)c1-c1ccc2c(c1)CCN(c1cc(N3CCOCC3)nc(N3CCOCC3)n1)C2. The lowest BCUT2D eigenvalue weighted by Gasteiger charge is -2.41. The highest BCUT2D eigenvalue weighted by Gasteiger charge is 2.37. The van der Waals surface area contributed by atoms with Crippen LogP contribution in [0.1, 0.15) is 81.6 Å². The first-order valence-electron chi connectivity index (χ1n) is 19.3. The average Bonchev–Trinajstić information content (AvgIpc) is 3.13. The Bertz CT molecular complexity index is 1770. The fourth-order valence-electron chi connectivity index (χ4n) is 8.09. The summed E-state index contributed by atoms with van der Waals surface area (Å²) >= 11 is 0. The van der Waals surface area contributed by atoms with Crippen LogP contribution in [0.15, 0.2) is 24.3 Å². The second kappa shape index (κ2) is 15.0. The molecule has 53 heavy (non-hydrogen) atoms. The third-order valence-corrected chi connectivity index (χ3v) is 11.1. The summed E-state index contributed by atoms with van der Waals surface area (Å²) in [5, 5.41) is 10.6. The molecule has 0 spiro atoms. The van der Waals surface area contributed by atoms with Gasteiger partial charge in [0, 0.05) is 80.9 Å². The first-order valence-corrected chi connectivity index (χ1v) is 19.3. The Morgan fingerprint density at radius 3 is 2.04 bits per heavy atom. The highest BCUT2D eigenvalue weighted by atomic mass is 16.5. The summed E-state index contributed by atoms with van der Waals surface area (Å²) in [4.78, 5) is 37.4. The summed E-state index contributed by atoms with van der Waals surface area (Å²) in [5.41, 5.74) is 7.41. The van der Waals surface area contributed by atoms with Crippen LogP contribution in [0.5, 0.6) is 0 Å². The van der Waals surface area contributed by atoms with Crippen molar-refractivity contribution in [3.8, 4) is 11.1 Å². The lowest BCUT2D eigenvalue weighted by molar-refractivity contribution is -0.160. The summed E-state index contributed by atoms with van der Waals surface area (Å²) in [5.74, 6) is 1.65. The Morgan fingerprint density at radius 1 is 0.792 bits per heavy atom. The van der Waals surface area contributed by atoms with Crippen molar-refractivity contribution < 1.29 is 24.1 Å². The van der Waals surface area contributed by atoms with E-state index in [1.54, 1.807) is 0 Å². The molecule has 4 aliphatic heterocycles. The maximum Gasteiger partial charge on any atom is 0.337 e. The molecular weight excluding hydrogens is 670 g/mol. The minimum absolute atomic E-state index is 0.231. The van der Waals surface area contributed by atoms with Gasteiger partial charge in [0.15, 0.2) is 6.10 Å². The quantitative estimate of drug-likeness (QED) is 0.295. The Kier molecular flexibility index (Phi) is 10.6. The number of rotatable bonds is 8. The van der Waals surface area contributed by atoms with Gasteiger partial charge < -0.3 is 38.9 Å². The number of carboxylic acid groups (broad SMARTS) is 1. The monoisotopic (exact) mass is 727 g/mol. The van der Waals surface area contributed by atoms with Crippen LogP contribution in [0.25, 0.3) is 11.1 Å². The van der Waals surface area contributed by atoms with Gasteiger partial charge in [-0.3, -0.25) is 4.98 Å². The number of aromatic nitrogens is 3. The maximum absolute atomic E-state index is 13.0. The number of nitrogens with zero attached hydrogens (tertiary/aromatic N) is 7. The molecule has 0 amide bonds. The number of carbonyl (C=O) groups is 1. The first kappa shape index (κ1) is 37.3. The third-order valence-electron chi connectivity index (χ3n) is 11.1. The number of aliphatic carboxylic acids is 1. The minimum atomic E-state index is -1.14. The van der Waals surface area contributed by atoms with Crippen LogP contribution < -0.4 is 19.6 Å². The normalized spacial score (nSPS) is 20.0. The predicted molar refractivity (Wildman–Crippen MR) is 208 cm³/mol. The van der Waals surface area contributed by atoms with Crippen molar-refractivity contribution in [2.45, 2.75) is 86.0 Å². The standard InChI is InChI=1S/C41H57N7O5/c1-27-34(36(46-14-11-41(6,7)12-15-46)35(28(2)42-27)37(38(49)50)53-40(3,4)5)30-8-9-31-26-48(13-10-29(31)24-30)33-25-32(45-16-20-51-21-17-45)43-39(44-33)47-18-22-52-23-19-47/h8-9,24-25,37H,10-23,26H2,1-7H3,(H,49,50)/t37-/m0/s1. The van der Waals surface area contributed by atoms with Crippen LogP contribution in [0.4, 0.5) is 23.3 Å². The predicted octanol–water partition coefficient (Wildman–Crippen LogP) is 5.96. The summed E-state index contributed by atoms with van der Waals surface area (Å²) in [6, 6.07) is 8.89. The second-order valence-electron chi connectivity index (χ2n) is 16.8. The van der Waals surface area contributed by atoms with Crippen LogP contribution in [0.3, 0.4) is 0 Å². The van der Waals surface area contributed by atoms with E-state index < -0.39 is 17.7 Å². The topological polar surface area (TPSA) is 117 Å². The van der Waals surface area contributed by atoms with Gasteiger partial charge in [-0.15, -0.1) is 0 Å². The van der Waals surface area contributed by atoms with Crippen molar-refractivity contribution in [1.82, 2.24) is 15.0 Å². The van der Waals surface area contributed by atoms with Gasteiger partial charge in [-0.1, -0.05) is 32.0 Å². The molecular formula is C41H57N7O5. The summed E-state index contributed by atoms with van der Waals surface area (Å²) in [7, 11) is 0. The fraction of sp³-hybridized carbons (Fsp3) is 0.610. The molecule has 4 aliphatic rings. The zero-order valence-corrected chi connectivity index (χ0v) is 32.7. The van der Waals surface area contributed by atoms with Gasteiger partial charge in [-0.05, 0) is 76.0 Å². The largest absolute Gasteiger partial charge is 0.479 e. The number of aryl methyl sites for hydroxylation is 2. The van der Waals surface area contributed by atoms with E-state index in [4.69, 9.17) is 29.2 Å². The number of carboxylic acids is 1. The number of benzene rings is 1. The first-order chi connectivity index (χ1) is 25.3. The van der Waals surface area contributed by atoms with E-state index in [0.29, 0.717) is 37.7 Å². The molecule has 3 saturated heterocycles. The molecule has 1 aromatic carbocycles. The lowest BCUT2D eigenvalue weighted by atomic mass is 9.81. The molecule has 6 heterocycles. The molecule has 286 valence electrons. The zero-order chi connectivity index (χ0) is 37.5. The molecule has 0 radical (unpaired) electrons. The van der Waals surface area contributed by atoms with Gasteiger partial charge in [0.1, 0.15) is 11.6 Å². The highest BCUT2D eigenvalue weighted by molar-refractivity contribution is 5.88. The van der Waals surface area contributed by atoms with E-state index in [1.807, 2.05) is 27.7 Å². The number of pyridine rings is 1. The summed E-state index contributed by atoms with van der Waals surface area (Å²) < 4.78 is 17.6. The van der Waals surface area contributed by atoms with Crippen LogP contribution in [0.2, 0.25) is 0 Å². The number of fused-ring (bicyclic) bond motifs is 1. The molecule has 0 saturated carbocycles. The van der Waals surface area contributed by atoms with E-state index >= 15 is 0 Å². The Labute approximate surface area is 314 Å². The Hall–Kier alpha value is -4.00. The smallest absolute Gasteiger partial charge is 0.337 e. The molecule has 12 heteroatoms. The summed E-state index contributed by atoms with van der Waals surface area (Å²) in [6.45, 7) is 23.5. The molecule has 0 bridgehead atoms. The van der Waals surface area contributed by atoms with Crippen molar-refractivity contribution in [1.29, 1.82) is 0 Å². The molecule has 0 unspecified atom stereocenters. The van der Waals surface area contributed by atoms with Gasteiger partial charge in [-0.2, -0.15) is 9.97 Å². The number of hydrogen-bond acceptors (Lipinski definition) is 11. The number of anilines is 4. The number of piperidine rings is 1. The van der Waals surface area contributed by atoms with Gasteiger partial charge >= 0.3 is 5.97 Å². The van der Waals surface area contributed by atoms with Crippen molar-refractivity contribution in [2.24, 2.45) is 5.41 Å². The molecule has 7 rings (SSSR count). The van der Waals surface area contributed by atoms with Gasteiger partial charge in [-0.25, -0.2) is 4.79 Å². The lowest BCUT2D eigenvalue weighted by Crippen LogP contribution is -2.40. The number of ether oxygens (including phenoxy) is 3. The number of hydrogen-bond donors (Lipinski definition) is 1. The maximum atomic E-state index is 13.0. The molecule has 1 atom stereocenters. The van der Waals surface area contributed by atoms with Crippen LogP contribution >= 0.6 is 0 Å². The van der Waals surface area contributed by atoms with Crippen molar-refractivity contribution in [3.05, 3.63) is 52.3 Å². The van der Waals surface area contributed by atoms with Gasteiger partial charge in [0.2, 0.25) is 5.95 Å². The Balaban J connectivity index is 1.25. The summed E-state index contributed by atoms with van der Waals surface area (Å²) in [6.07, 6.45) is 1.76. The fourth-order valence-corrected chi connectivity index (χ4v) is 8.09. The van der Waals surface area contributed by atoms with Crippen LogP contribution in [0, 0.1) is 19.3 Å². The molecule has 12 nitrogen and oxygen atoms in total. The minimum Gasteiger partial charge on any atom is -0.479 e. The van der Waals surface area contributed by atoms with E-state index in [-0.39, 0.29) is 5.41 Å². The molecule has 3 aromatic rings. The zero-order valence-electron chi connectivity index (χ0n) is 32.7. The van der Waals surface area contributed by atoms with E-state index in [0.717, 1.165) is 112 Å². The van der Waals surface area contributed by atoms with Crippen LogP contribution in [-0.2, 0) is 32.0 Å². The van der Waals surface area contributed by atoms with Crippen molar-refractivity contribution in [2.75, 3.05) is 91.8 Å². The van der Waals surface area contributed by atoms with E-state index in [9.17, 15) is 9.90 Å². The van der Waals surface area contributed by atoms with E-state index in [2.05, 4.69) is 64.6 Å². The molecule has 2 aromatic heterocycles.